The fourth-order valence-corrected chi connectivity index (χ4v) is 3.61. The van der Waals surface area contributed by atoms with Gasteiger partial charge in [-0.3, -0.25) is 4.79 Å². The molecule has 3 N–H and O–H groups in total. The zero-order valence-corrected chi connectivity index (χ0v) is 18.5. The van der Waals surface area contributed by atoms with E-state index >= 15 is 0 Å². The minimum absolute atomic E-state index is 0.0338. The first kappa shape index (κ1) is 21.1. The van der Waals surface area contributed by atoms with Crippen molar-refractivity contribution in [2.45, 2.75) is 20.8 Å². The number of H-pyrrole nitrogens is 1. The number of rotatable bonds is 5. The van der Waals surface area contributed by atoms with Crippen molar-refractivity contribution in [1.29, 1.82) is 0 Å². The molecule has 1 aliphatic rings. The highest BCUT2D eigenvalue weighted by Gasteiger charge is 2.21. The van der Waals surface area contributed by atoms with E-state index in [-0.39, 0.29) is 5.91 Å². The number of anilines is 4. The summed E-state index contributed by atoms with van der Waals surface area (Å²) in [5, 5.41) is 6.85. The number of carbonyl (C=O) groups is 1. The van der Waals surface area contributed by atoms with Crippen LogP contribution in [0.4, 0.5) is 23.1 Å². The second kappa shape index (κ2) is 8.95. The molecule has 0 unspecified atom stereocenters. The van der Waals surface area contributed by atoms with E-state index in [2.05, 4.69) is 25.6 Å². The normalized spacial score (nSPS) is 13.9. The van der Waals surface area contributed by atoms with E-state index in [0.717, 1.165) is 28.2 Å². The topological polar surface area (TPSA) is 95.2 Å². The maximum atomic E-state index is 12.9. The number of ether oxygens (including phenoxy) is 1. The predicted octanol–water partition coefficient (Wildman–Crippen LogP) is 4.34. The first-order valence-electron chi connectivity index (χ1n) is 10.1. The lowest BCUT2D eigenvalue weighted by Gasteiger charge is -2.27. The van der Waals surface area contributed by atoms with Gasteiger partial charge >= 0.3 is 0 Å². The van der Waals surface area contributed by atoms with Crippen LogP contribution in [0.3, 0.4) is 0 Å². The van der Waals surface area contributed by atoms with Gasteiger partial charge in [-0.15, -0.1) is 0 Å². The second-order valence-corrected chi connectivity index (χ2v) is 8.01. The number of nitrogens with zero attached hydrogens (tertiary/aromatic N) is 3. The maximum Gasteiger partial charge on any atom is 0.254 e. The average molecular weight is 441 g/mol. The van der Waals surface area contributed by atoms with Gasteiger partial charge in [-0.2, -0.15) is 4.98 Å². The van der Waals surface area contributed by atoms with E-state index < -0.39 is 0 Å². The van der Waals surface area contributed by atoms with Gasteiger partial charge in [0, 0.05) is 36.2 Å². The Hall–Kier alpha value is -3.10. The number of amides is 1. The third kappa shape index (κ3) is 4.81. The van der Waals surface area contributed by atoms with Crippen LogP contribution < -0.4 is 10.6 Å². The number of hydrogen-bond acceptors (Lipinski definition) is 6. The lowest BCUT2D eigenvalue weighted by Crippen LogP contribution is -2.41. The van der Waals surface area contributed by atoms with Crippen LogP contribution in [0.2, 0.25) is 5.02 Å². The van der Waals surface area contributed by atoms with Crippen molar-refractivity contribution in [2.75, 3.05) is 36.9 Å². The minimum Gasteiger partial charge on any atom is -0.378 e. The van der Waals surface area contributed by atoms with Crippen molar-refractivity contribution in [3.63, 3.8) is 0 Å². The van der Waals surface area contributed by atoms with Crippen LogP contribution >= 0.6 is 11.6 Å². The molecule has 0 spiro atoms. The largest absolute Gasteiger partial charge is 0.378 e. The van der Waals surface area contributed by atoms with Crippen molar-refractivity contribution in [3.8, 4) is 0 Å². The monoisotopic (exact) mass is 440 g/mol. The number of benzene rings is 1. The van der Waals surface area contributed by atoms with Gasteiger partial charge in [-0.1, -0.05) is 11.6 Å². The molecular formula is C22H25ClN6O2. The zero-order chi connectivity index (χ0) is 22.0. The molecule has 1 amide bonds. The van der Waals surface area contributed by atoms with Gasteiger partial charge in [0.05, 0.1) is 25.1 Å². The average Bonchev–Trinajstić information content (AvgIpc) is 3.17. The molecular weight excluding hydrogens is 416 g/mol. The highest BCUT2D eigenvalue weighted by Crippen LogP contribution is 2.28. The number of nitrogens with one attached hydrogen (secondary N) is 3. The fourth-order valence-electron chi connectivity index (χ4n) is 3.47. The summed E-state index contributed by atoms with van der Waals surface area (Å²) in [6.07, 6.45) is 3.40. The molecule has 8 nitrogen and oxygen atoms in total. The molecule has 9 heteroatoms. The van der Waals surface area contributed by atoms with Crippen LogP contribution in [0.15, 0.2) is 30.6 Å². The van der Waals surface area contributed by atoms with Crippen LogP contribution in [0, 0.1) is 20.8 Å². The Balaban J connectivity index is 1.54. The molecule has 2 aromatic heterocycles. The van der Waals surface area contributed by atoms with Gasteiger partial charge in [0.1, 0.15) is 5.02 Å². The fraction of sp³-hybridized carbons (Fsp3) is 0.318. The minimum atomic E-state index is 0.0338. The molecule has 1 aromatic carbocycles. The molecule has 3 heterocycles. The van der Waals surface area contributed by atoms with Gasteiger partial charge in [-0.05, 0) is 50.1 Å². The smallest absolute Gasteiger partial charge is 0.254 e. The summed E-state index contributed by atoms with van der Waals surface area (Å²) < 4.78 is 5.35. The van der Waals surface area contributed by atoms with E-state index in [0.29, 0.717) is 48.7 Å². The van der Waals surface area contributed by atoms with Gasteiger partial charge in [0.25, 0.3) is 5.91 Å². The number of carbonyl (C=O) groups excluding carboxylic acids is 1. The number of aryl methyl sites for hydroxylation is 3. The number of halogens is 1. The van der Waals surface area contributed by atoms with Crippen LogP contribution in [-0.2, 0) is 4.74 Å². The molecule has 0 saturated carbocycles. The first-order chi connectivity index (χ1) is 14.9. The molecule has 0 bridgehead atoms. The summed E-state index contributed by atoms with van der Waals surface area (Å²) >= 11 is 6.27. The van der Waals surface area contributed by atoms with Crippen LogP contribution in [0.25, 0.3) is 0 Å². The van der Waals surface area contributed by atoms with E-state index in [1.54, 1.807) is 6.20 Å². The van der Waals surface area contributed by atoms with Crippen molar-refractivity contribution in [1.82, 2.24) is 19.9 Å². The summed E-state index contributed by atoms with van der Waals surface area (Å²) in [5.74, 6) is 0.951. The van der Waals surface area contributed by atoms with E-state index in [4.69, 9.17) is 16.3 Å². The summed E-state index contributed by atoms with van der Waals surface area (Å²) in [5.41, 5.74) is 5.25. The molecule has 1 saturated heterocycles. The summed E-state index contributed by atoms with van der Waals surface area (Å²) in [6.45, 7) is 8.25. The van der Waals surface area contributed by atoms with E-state index in [9.17, 15) is 4.79 Å². The Morgan fingerprint density at radius 3 is 2.61 bits per heavy atom. The predicted molar refractivity (Wildman–Crippen MR) is 122 cm³/mol. The molecule has 1 aliphatic heterocycles. The lowest BCUT2D eigenvalue weighted by molar-refractivity contribution is 0.0302. The maximum absolute atomic E-state index is 12.9. The summed E-state index contributed by atoms with van der Waals surface area (Å²) in [7, 11) is 0. The Labute approximate surface area is 186 Å². The molecule has 0 atom stereocenters. The van der Waals surface area contributed by atoms with Crippen LogP contribution in [0.1, 0.15) is 27.2 Å². The van der Waals surface area contributed by atoms with Crippen molar-refractivity contribution in [2.24, 2.45) is 0 Å². The first-order valence-corrected chi connectivity index (χ1v) is 10.5. The van der Waals surface area contributed by atoms with Gasteiger partial charge < -0.3 is 25.3 Å². The quantitative estimate of drug-likeness (QED) is 0.546. The third-order valence-electron chi connectivity index (χ3n) is 5.18. The van der Waals surface area contributed by atoms with Crippen molar-refractivity contribution < 1.29 is 9.53 Å². The number of aromatic amines is 1. The number of aromatic nitrogens is 3. The SMILES string of the molecule is Cc1cc(Nc2nc(Nc3cc(C)c(C(=O)N4CCOCC4)cc3C)ncc2Cl)c[nH]1. The van der Waals surface area contributed by atoms with Gasteiger partial charge in [-0.25, -0.2) is 4.98 Å². The number of hydrogen-bond donors (Lipinski definition) is 3. The molecule has 1 fully saturated rings. The van der Waals surface area contributed by atoms with E-state index in [1.807, 2.05) is 50.1 Å². The second-order valence-electron chi connectivity index (χ2n) is 7.60. The highest BCUT2D eigenvalue weighted by molar-refractivity contribution is 6.32. The van der Waals surface area contributed by atoms with Crippen LogP contribution in [0.5, 0.6) is 0 Å². The Morgan fingerprint density at radius 2 is 1.90 bits per heavy atom. The zero-order valence-electron chi connectivity index (χ0n) is 17.8. The molecule has 4 rings (SSSR count). The third-order valence-corrected chi connectivity index (χ3v) is 5.46. The molecule has 0 radical (unpaired) electrons. The Morgan fingerprint density at radius 1 is 1.13 bits per heavy atom. The Kier molecular flexibility index (Phi) is 6.11. The number of morpholine rings is 1. The Bertz CT molecular complexity index is 1110. The standard InChI is InChI=1S/C22H25ClN6O2/c1-13-9-19(14(2)8-17(13)21(30)29-4-6-31-7-5-29)27-22-25-12-18(23)20(28-22)26-16-10-15(3)24-11-16/h8-12,24H,4-7H2,1-3H3,(H2,25,26,27,28). The molecule has 162 valence electrons. The lowest BCUT2D eigenvalue weighted by atomic mass is 10.0. The molecule has 3 aromatic rings. The summed E-state index contributed by atoms with van der Waals surface area (Å²) in [6, 6.07) is 5.82. The summed E-state index contributed by atoms with van der Waals surface area (Å²) in [4.78, 5) is 26.6. The van der Waals surface area contributed by atoms with Crippen LogP contribution in [-0.4, -0.2) is 52.1 Å². The van der Waals surface area contributed by atoms with Crippen molar-refractivity contribution >= 4 is 40.6 Å². The van der Waals surface area contributed by atoms with E-state index in [1.165, 1.54) is 0 Å². The van der Waals surface area contributed by atoms with Gasteiger partial charge in [0.15, 0.2) is 5.82 Å². The highest BCUT2D eigenvalue weighted by atomic mass is 35.5. The molecule has 31 heavy (non-hydrogen) atoms. The van der Waals surface area contributed by atoms with Gasteiger partial charge in [0.2, 0.25) is 5.95 Å². The molecule has 0 aliphatic carbocycles. The van der Waals surface area contributed by atoms with Crippen molar-refractivity contribution in [3.05, 3.63) is 58.0 Å².